The highest BCUT2D eigenvalue weighted by molar-refractivity contribution is 7.13. The number of fused-ring (bicyclic) bond motifs is 1. The summed E-state index contributed by atoms with van der Waals surface area (Å²) >= 11 is 1.71. The minimum Gasteiger partial charge on any atom is -0.495 e. The Balaban J connectivity index is 1.50. The first-order chi connectivity index (χ1) is 16.7. The van der Waals surface area contributed by atoms with Crippen LogP contribution >= 0.6 is 11.3 Å². The molecule has 2 aromatic heterocycles. The number of hydrogen-bond donors (Lipinski definition) is 2. The second kappa shape index (κ2) is 9.85. The molecule has 0 saturated carbocycles. The average Bonchev–Trinajstić information content (AvgIpc) is 3.50. The van der Waals surface area contributed by atoms with Crippen LogP contribution in [0, 0.1) is 0 Å². The third-order valence-electron chi connectivity index (χ3n) is 5.79. The summed E-state index contributed by atoms with van der Waals surface area (Å²) < 4.78 is 7.70. The lowest BCUT2D eigenvalue weighted by molar-refractivity contribution is 0.251. The molecule has 5 aromatic rings. The van der Waals surface area contributed by atoms with Gasteiger partial charge in [-0.1, -0.05) is 66.7 Å². The fraction of sp³-hybridized carbons (Fsp3) is 0.107. The first-order valence-corrected chi connectivity index (χ1v) is 12.0. The van der Waals surface area contributed by atoms with Crippen molar-refractivity contribution in [1.29, 1.82) is 0 Å². The first-order valence-electron chi connectivity index (χ1n) is 11.1. The van der Waals surface area contributed by atoms with E-state index in [1.807, 2.05) is 36.4 Å². The molecule has 0 aliphatic rings. The van der Waals surface area contributed by atoms with E-state index >= 15 is 0 Å². The minimum atomic E-state index is -0.276. The Morgan fingerprint density at radius 3 is 2.47 bits per heavy atom. The van der Waals surface area contributed by atoms with Crippen LogP contribution in [0.3, 0.4) is 0 Å². The molecule has 0 radical (unpaired) electrons. The van der Waals surface area contributed by atoms with E-state index in [0.717, 1.165) is 28.7 Å². The Bertz CT molecular complexity index is 1410. The number of para-hydroxylation sites is 3. The Labute approximate surface area is 202 Å². The van der Waals surface area contributed by atoms with Gasteiger partial charge in [0.15, 0.2) is 0 Å². The minimum absolute atomic E-state index is 0.276. The van der Waals surface area contributed by atoms with Crippen molar-refractivity contribution in [1.82, 2.24) is 9.88 Å². The van der Waals surface area contributed by atoms with Crippen molar-refractivity contribution < 1.29 is 9.53 Å². The molecule has 3 aromatic carbocycles. The molecule has 0 bridgehead atoms. The highest BCUT2D eigenvalue weighted by Gasteiger charge is 2.20. The maximum absolute atomic E-state index is 12.8. The number of nitrogens with one attached hydrogen (secondary N) is 2. The van der Waals surface area contributed by atoms with Crippen molar-refractivity contribution in [3.63, 3.8) is 0 Å². The average molecular weight is 468 g/mol. The lowest BCUT2D eigenvalue weighted by Crippen LogP contribution is -2.28. The summed E-state index contributed by atoms with van der Waals surface area (Å²) in [6.45, 7) is 1.15. The van der Waals surface area contributed by atoms with Gasteiger partial charge < -0.3 is 19.9 Å². The molecule has 2 N–H and O–H groups in total. The van der Waals surface area contributed by atoms with Crippen molar-refractivity contribution in [2.45, 2.75) is 13.1 Å². The standard InChI is InChI=1S/C28H25N3O2S/c1-33-25-15-8-6-13-23(25)30-28(32)29-18-22-21-12-5-7-14-24(21)31(19-20-10-3-2-4-11-20)27(22)26-16-9-17-34-26/h2-17H,18-19H2,1H3,(H2,29,30,32). The number of methoxy groups -OCH3 is 1. The van der Waals surface area contributed by atoms with Gasteiger partial charge in [0.2, 0.25) is 0 Å². The van der Waals surface area contributed by atoms with E-state index in [2.05, 4.69) is 75.2 Å². The van der Waals surface area contributed by atoms with Crippen LogP contribution in [0.4, 0.5) is 10.5 Å². The number of anilines is 1. The van der Waals surface area contributed by atoms with Crippen molar-refractivity contribution >= 4 is 34.0 Å². The normalized spacial score (nSPS) is 10.9. The van der Waals surface area contributed by atoms with Crippen LogP contribution in [0.25, 0.3) is 21.5 Å². The van der Waals surface area contributed by atoms with Gasteiger partial charge in [0, 0.05) is 29.6 Å². The third-order valence-corrected chi connectivity index (χ3v) is 6.67. The highest BCUT2D eigenvalue weighted by Crippen LogP contribution is 2.37. The van der Waals surface area contributed by atoms with E-state index in [1.54, 1.807) is 18.4 Å². The van der Waals surface area contributed by atoms with Crippen LogP contribution in [0.1, 0.15) is 11.1 Å². The SMILES string of the molecule is COc1ccccc1NC(=O)NCc1c(-c2cccs2)n(Cc2ccccc2)c2ccccc12. The van der Waals surface area contributed by atoms with Gasteiger partial charge in [-0.2, -0.15) is 0 Å². The molecule has 0 spiro atoms. The topological polar surface area (TPSA) is 55.3 Å². The molecule has 170 valence electrons. The molecule has 0 saturated heterocycles. The summed E-state index contributed by atoms with van der Waals surface area (Å²) in [5, 5.41) is 9.18. The van der Waals surface area contributed by atoms with E-state index in [4.69, 9.17) is 4.74 Å². The van der Waals surface area contributed by atoms with Crippen LogP contribution in [0.2, 0.25) is 0 Å². The number of hydrogen-bond acceptors (Lipinski definition) is 3. The number of thiophene rings is 1. The quantitative estimate of drug-likeness (QED) is 0.278. The van der Waals surface area contributed by atoms with Gasteiger partial charge in [0.1, 0.15) is 5.75 Å². The number of amides is 2. The monoisotopic (exact) mass is 467 g/mol. The van der Waals surface area contributed by atoms with Gasteiger partial charge in [0.25, 0.3) is 0 Å². The zero-order chi connectivity index (χ0) is 23.3. The molecule has 0 atom stereocenters. The molecule has 0 aliphatic carbocycles. The summed E-state index contributed by atoms with van der Waals surface area (Å²) in [4.78, 5) is 14.0. The molecule has 2 amide bonds. The highest BCUT2D eigenvalue weighted by atomic mass is 32.1. The Morgan fingerprint density at radius 2 is 1.68 bits per heavy atom. The fourth-order valence-electron chi connectivity index (χ4n) is 4.26. The number of nitrogens with zero attached hydrogens (tertiary/aromatic N) is 1. The van der Waals surface area contributed by atoms with Crippen molar-refractivity contribution in [3.05, 3.63) is 108 Å². The molecule has 0 unspecified atom stereocenters. The largest absolute Gasteiger partial charge is 0.495 e. The Morgan fingerprint density at radius 1 is 0.912 bits per heavy atom. The molecule has 0 aliphatic heterocycles. The van der Waals surface area contributed by atoms with Gasteiger partial charge in [0.05, 0.1) is 23.4 Å². The zero-order valence-electron chi connectivity index (χ0n) is 18.8. The van der Waals surface area contributed by atoms with Gasteiger partial charge in [-0.15, -0.1) is 11.3 Å². The number of rotatable bonds is 7. The summed E-state index contributed by atoms with van der Waals surface area (Å²) in [5.74, 6) is 0.622. The lowest BCUT2D eigenvalue weighted by atomic mass is 10.1. The molecular weight excluding hydrogens is 442 g/mol. The second-order valence-corrected chi connectivity index (χ2v) is 8.85. The van der Waals surface area contributed by atoms with Gasteiger partial charge in [-0.25, -0.2) is 4.79 Å². The van der Waals surface area contributed by atoms with Gasteiger partial charge in [-0.3, -0.25) is 0 Å². The third kappa shape index (κ3) is 4.40. The van der Waals surface area contributed by atoms with Crippen LogP contribution < -0.4 is 15.4 Å². The van der Waals surface area contributed by atoms with E-state index in [9.17, 15) is 4.79 Å². The van der Waals surface area contributed by atoms with Crippen LogP contribution in [0.5, 0.6) is 5.75 Å². The number of carbonyl (C=O) groups excluding carboxylic acids is 1. The van der Waals surface area contributed by atoms with E-state index in [1.165, 1.54) is 10.4 Å². The predicted octanol–water partition coefficient (Wildman–Crippen LogP) is 6.75. The molecular formula is C28H25N3O2S. The molecule has 2 heterocycles. The van der Waals surface area contributed by atoms with Crippen molar-refractivity contribution in [2.75, 3.05) is 12.4 Å². The molecule has 5 nitrogen and oxygen atoms in total. The number of urea groups is 1. The molecule has 5 rings (SSSR count). The summed E-state index contributed by atoms with van der Waals surface area (Å²) in [7, 11) is 1.59. The van der Waals surface area contributed by atoms with Crippen LogP contribution in [-0.4, -0.2) is 17.7 Å². The number of benzene rings is 3. The number of carbonyl (C=O) groups is 1. The Kier molecular flexibility index (Phi) is 6.31. The van der Waals surface area contributed by atoms with Crippen molar-refractivity contribution in [3.8, 4) is 16.3 Å². The number of aromatic nitrogens is 1. The lowest BCUT2D eigenvalue weighted by Gasteiger charge is -2.13. The van der Waals surface area contributed by atoms with Crippen LogP contribution in [0.15, 0.2) is 96.4 Å². The molecule has 6 heteroatoms. The molecule has 34 heavy (non-hydrogen) atoms. The van der Waals surface area contributed by atoms with E-state index in [-0.39, 0.29) is 6.03 Å². The first kappa shape index (κ1) is 21.8. The maximum atomic E-state index is 12.8. The predicted molar refractivity (Wildman–Crippen MR) is 140 cm³/mol. The van der Waals surface area contributed by atoms with E-state index < -0.39 is 0 Å². The fourth-order valence-corrected chi connectivity index (χ4v) is 5.07. The summed E-state index contributed by atoms with van der Waals surface area (Å²) in [5.41, 5.74) is 5.25. The van der Waals surface area contributed by atoms with Gasteiger partial charge in [-0.05, 0) is 35.2 Å². The summed E-state index contributed by atoms with van der Waals surface area (Å²) in [6, 6.07) is 30.1. The van der Waals surface area contributed by atoms with Gasteiger partial charge >= 0.3 is 6.03 Å². The zero-order valence-corrected chi connectivity index (χ0v) is 19.6. The van der Waals surface area contributed by atoms with E-state index in [0.29, 0.717) is 18.0 Å². The maximum Gasteiger partial charge on any atom is 0.319 e. The van der Waals surface area contributed by atoms with Crippen LogP contribution in [-0.2, 0) is 13.1 Å². The smallest absolute Gasteiger partial charge is 0.319 e. The second-order valence-electron chi connectivity index (χ2n) is 7.90. The summed E-state index contributed by atoms with van der Waals surface area (Å²) in [6.07, 6.45) is 0. The molecule has 0 fully saturated rings. The number of ether oxygens (including phenoxy) is 1. The Hall–Kier alpha value is -4.03. The van der Waals surface area contributed by atoms with Crippen molar-refractivity contribution in [2.24, 2.45) is 0 Å².